The molecule has 0 aliphatic heterocycles. The Morgan fingerprint density at radius 1 is 1.12 bits per heavy atom. The quantitative estimate of drug-likeness (QED) is 0.383. The number of anilines is 1. The molecule has 1 amide bonds. The van der Waals surface area contributed by atoms with Crippen molar-refractivity contribution in [2.75, 3.05) is 5.32 Å². The number of rotatable bonds is 5. The first-order valence-corrected chi connectivity index (χ1v) is 11.0. The molecule has 0 atom stereocenters. The molecular formula is C24H18BrClFN3O2. The van der Waals surface area contributed by atoms with Crippen LogP contribution in [-0.2, 0) is 17.8 Å². The van der Waals surface area contributed by atoms with E-state index in [0.29, 0.717) is 37.2 Å². The van der Waals surface area contributed by atoms with Crippen LogP contribution >= 0.6 is 27.5 Å². The molecule has 0 aliphatic carbocycles. The Balaban J connectivity index is 1.70. The molecule has 0 saturated heterocycles. The molecule has 4 rings (SSSR count). The molecule has 1 N–H and O–H groups in total. The van der Waals surface area contributed by atoms with Crippen LogP contribution in [0.1, 0.15) is 16.8 Å². The SMILES string of the molecule is Cc1c(Cl)cccc1NC(=O)Cc1nn(Cc2ccc(Br)cc2F)c(=O)c2ccccc12. The third-order valence-corrected chi connectivity index (χ3v) is 6.05. The van der Waals surface area contributed by atoms with E-state index in [2.05, 4.69) is 26.3 Å². The summed E-state index contributed by atoms with van der Waals surface area (Å²) in [6.45, 7) is 1.77. The van der Waals surface area contributed by atoms with Gasteiger partial charge in [0.1, 0.15) is 5.82 Å². The molecule has 0 spiro atoms. The molecule has 5 nitrogen and oxygen atoms in total. The average Bonchev–Trinajstić information content (AvgIpc) is 2.76. The summed E-state index contributed by atoms with van der Waals surface area (Å²) >= 11 is 9.37. The smallest absolute Gasteiger partial charge is 0.274 e. The van der Waals surface area contributed by atoms with Crippen molar-refractivity contribution in [1.82, 2.24) is 9.78 Å². The van der Waals surface area contributed by atoms with Crippen LogP contribution in [0.15, 0.2) is 69.9 Å². The van der Waals surface area contributed by atoms with Gasteiger partial charge in [0.25, 0.3) is 5.56 Å². The Morgan fingerprint density at radius 3 is 2.62 bits per heavy atom. The number of halogens is 3. The number of amides is 1. The topological polar surface area (TPSA) is 64.0 Å². The van der Waals surface area contributed by atoms with Crippen molar-refractivity contribution >= 4 is 49.9 Å². The zero-order valence-corrected chi connectivity index (χ0v) is 19.4. The van der Waals surface area contributed by atoms with Crippen LogP contribution in [0.25, 0.3) is 10.8 Å². The Morgan fingerprint density at radius 2 is 1.88 bits per heavy atom. The van der Waals surface area contributed by atoms with Gasteiger partial charge in [-0.3, -0.25) is 9.59 Å². The van der Waals surface area contributed by atoms with Gasteiger partial charge in [-0.25, -0.2) is 9.07 Å². The Labute approximate surface area is 197 Å². The first-order valence-electron chi connectivity index (χ1n) is 9.81. The molecule has 162 valence electrons. The highest BCUT2D eigenvalue weighted by atomic mass is 79.9. The third-order valence-electron chi connectivity index (χ3n) is 5.15. The number of carbonyl (C=O) groups excluding carboxylic acids is 1. The van der Waals surface area contributed by atoms with Gasteiger partial charge in [-0.15, -0.1) is 0 Å². The second-order valence-electron chi connectivity index (χ2n) is 7.33. The van der Waals surface area contributed by atoms with Crippen LogP contribution in [0.2, 0.25) is 5.02 Å². The van der Waals surface area contributed by atoms with Gasteiger partial charge >= 0.3 is 0 Å². The maximum absolute atomic E-state index is 14.4. The number of hydrogen-bond acceptors (Lipinski definition) is 3. The minimum absolute atomic E-state index is 0.0508. The van der Waals surface area contributed by atoms with E-state index < -0.39 is 5.82 Å². The highest BCUT2D eigenvalue weighted by molar-refractivity contribution is 9.10. The molecule has 0 bridgehead atoms. The van der Waals surface area contributed by atoms with Crippen molar-refractivity contribution in [2.24, 2.45) is 0 Å². The number of nitrogens with zero attached hydrogens (tertiary/aromatic N) is 2. The summed E-state index contributed by atoms with van der Waals surface area (Å²) in [4.78, 5) is 25.8. The van der Waals surface area contributed by atoms with Crippen molar-refractivity contribution in [1.29, 1.82) is 0 Å². The van der Waals surface area contributed by atoms with Gasteiger partial charge in [0.2, 0.25) is 5.91 Å². The Hall–Kier alpha value is -3.03. The second kappa shape index (κ2) is 9.22. The van der Waals surface area contributed by atoms with Crippen LogP contribution in [0, 0.1) is 12.7 Å². The first-order chi connectivity index (χ1) is 15.3. The average molecular weight is 515 g/mol. The zero-order chi connectivity index (χ0) is 22.8. The van der Waals surface area contributed by atoms with Crippen molar-refractivity contribution < 1.29 is 9.18 Å². The van der Waals surface area contributed by atoms with Gasteiger partial charge in [0.05, 0.1) is 24.0 Å². The molecule has 1 aromatic heterocycles. The fourth-order valence-electron chi connectivity index (χ4n) is 3.44. The van der Waals surface area contributed by atoms with Crippen molar-refractivity contribution in [3.63, 3.8) is 0 Å². The molecule has 1 heterocycles. The predicted molar refractivity (Wildman–Crippen MR) is 128 cm³/mol. The van der Waals surface area contributed by atoms with Gasteiger partial charge in [0.15, 0.2) is 0 Å². The lowest BCUT2D eigenvalue weighted by atomic mass is 10.1. The molecule has 0 fully saturated rings. The Kier molecular flexibility index (Phi) is 6.39. The van der Waals surface area contributed by atoms with E-state index in [9.17, 15) is 14.0 Å². The molecule has 0 unspecified atom stereocenters. The molecule has 0 radical (unpaired) electrons. The van der Waals surface area contributed by atoms with Crippen LogP contribution in [0.3, 0.4) is 0 Å². The lowest BCUT2D eigenvalue weighted by Gasteiger charge is -2.13. The molecular weight excluding hydrogens is 497 g/mol. The lowest BCUT2D eigenvalue weighted by Crippen LogP contribution is -2.27. The van der Waals surface area contributed by atoms with Crippen LogP contribution in [0.5, 0.6) is 0 Å². The first kappa shape index (κ1) is 22.2. The minimum Gasteiger partial charge on any atom is -0.325 e. The number of fused-ring (bicyclic) bond motifs is 1. The fourth-order valence-corrected chi connectivity index (χ4v) is 3.95. The standard InChI is InChI=1S/C24H18BrClFN3O2/c1-14-19(26)7-4-8-21(14)28-23(31)12-22-17-5-2-3-6-18(17)24(32)30(29-22)13-15-9-10-16(25)11-20(15)27/h2-11H,12-13H2,1H3,(H,28,31). The molecule has 3 aromatic carbocycles. The summed E-state index contributed by atoms with van der Waals surface area (Å²) in [5, 5.41) is 8.82. The number of carbonyl (C=O) groups is 1. The van der Waals surface area contributed by atoms with E-state index >= 15 is 0 Å². The summed E-state index contributed by atoms with van der Waals surface area (Å²) < 4.78 is 16.2. The number of benzene rings is 3. The van der Waals surface area contributed by atoms with Gasteiger partial charge in [-0.2, -0.15) is 5.10 Å². The number of hydrogen-bond donors (Lipinski definition) is 1. The molecule has 4 aromatic rings. The van der Waals surface area contributed by atoms with E-state index in [1.54, 1.807) is 54.6 Å². The fraction of sp³-hybridized carbons (Fsp3) is 0.125. The van der Waals surface area contributed by atoms with Crippen molar-refractivity contribution in [3.05, 3.63) is 103 Å². The molecule has 8 heteroatoms. The highest BCUT2D eigenvalue weighted by Gasteiger charge is 2.16. The monoisotopic (exact) mass is 513 g/mol. The zero-order valence-electron chi connectivity index (χ0n) is 17.0. The van der Waals surface area contributed by atoms with E-state index in [-0.39, 0.29) is 24.4 Å². The number of aromatic nitrogens is 2. The maximum atomic E-state index is 14.4. The predicted octanol–water partition coefficient (Wildman–Crippen LogP) is 5.49. The largest absolute Gasteiger partial charge is 0.325 e. The van der Waals surface area contributed by atoms with E-state index in [1.165, 1.54) is 10.7 Å². The van der Waals surface area contributed by atoms with Crippen LogP contribution in [-0.4, -0.2) is 15.7 Å². The second-order valence-corrected chi connectivity index (χ2v) is 8.65. The van der Waals surface area contributed by atoms with Crippen LogP contribution < -0.4 is 10.9 Å². The summed E-state index contributed by atoms with van der Waals surface area (Å²) in [6, 6.07) is 16.9. The summed E-state index contributed by atoms with van der Waals surface area (Å²) in [6.07, 6.45) is -0.0600. The minimum atomic E-state index is -0.447. The van der Waals surface area contributed by atoms with E-state index in [4.69, 9.17) is 11.6 Å². The van der Waals surface area contributed by atoms with Gasteiger partial charge in [-0.1, -0.05) is 57.9 Å². The van der Waals surface area contributed by atoms with Crippen molar-refractivity contribution in [2.45, 2.75) is 19.9 Å². The summed E-state index contributed by atoms with van der Waals surface area (Å²) in [7, 11) is 0. The van der Waals surface area contributed by atoms with Crippen LogP contribution in [0.4, 0.5) is 10.1 Å². The van der Waals surface area contributed by atoms with Crippen molar-refractivity contribution in [3.8, 4) is 0 Å². The lowest BCUT2D eigenvalue weighted by molar-refractivity contribution is -0.115. The Bertz CT molecular complexity index is 1400. The summed E-state index contributed by atoms with van der Waals surface area (Å²) in [5.74, 6) is -0.745. The number of nitrogens with one attached hydrogen (secondary N) is 1. The van der Waals surface area contributed by atoms with E-state index in [1.807, 2.05) is 6.92 Å². The van der Waals surface area contributed by atoms with Gasteiger partial charge in [0, 0.05) is 26.1 Å². The third kappa shape index (κ3) is 4.59. The van der Waals surface area contributed by atoms with Gasteiger partial charge < -0.3 is 5.32 Å². The molecule has 0 aliphatic rings. The maximum Gasteiger partial charge on any atom is 0.274 e. The molecule has 0 saturated carbocycles. The molecule has 32 heavy (non-hydrogen) atoms. The van der Waals surface area contributed by atoms with E-state index in [0.717, 1.165) is 5.56 Å². The highest BCUT2D eigenvalue weighted by Crippen LogP contribution is 2.23. The normalized spacial score (nSPS) is 11.0. The van der Waals surface area contributed by atoms with Gasteiger partial charge in [-0.05, 0) is 42.8 Å². The summed E-state index contributed by atoms with van der Waals surface area (Å²) in [5.41, 5.74) is 1.77.